The zero-order valence-corrected chi connectivity index (χ0v) is 14.2. The largest absolute Gasteiger partial charge is 0.399 e. The van der Waals surface area contributed by atoms with Crippen molar-refractivity contribution in [2.45, 2.75) is 6.92 Å². The lowest BCUT2D eigenvalue weighted by Gasteiger charge is -2.10. The Morgan fingerprint density at radius 2 is 1.76 bits per heavy atom. The Morgan fingerprint density at radius 1 is 1.08 bits per heavy atom. The fraction of sp³-hybridized carbons (Fsp3) is 0.0526. The summed E-state index contributed by atoms with van der Waals surface area (Å²) in [6, 6.07) is 14.5. The van der Waals surface area contributed by atoms with Gasteiger partial charge in [-0.25, -0.2) is 0 Å². The number of benzene rings is 2. The van der Waals surface area contributed by atoms with Gasteiger partial charge in [-0.3, -0.25) is 4.79 Å². The van der Waals surface area contributed by atoms with E-state index in [1.807, 2.05) is 31.2 Å². The van der Waals surface area contributed by atoms with Crippen molar-refractivity contribution < 1.29 is 0 Å². The van der Waals surface area contributed by atoms with Crippen molar-refractivity contribution in [2.75, 3.05) is 5.73 Å². The number of fused-ring (bicyclic) bond motifs is 1. The highest BCUT2D eigenvalue weighted by atomic mass is 35.5. The third-order valence-electron chi connectivity index (χ3n) is 4.19. The first-order chi connectivity index (χ1) is 12.0. The molecule has 0 radical (unpaired) electrons. The predicted octanol–water partition coefficient (Wildman–Crippen LogP) is 3.88. The summed E-state index contributed by atoms with van der Waals surface area (Å²) >= 11 is 5.93. The van der Waals surface area contributed by atoms with Crippen LogP contribution in [0.1, 0.15) is 5.69 Å². The second-order valence-corrected chi connectivity index (χ2v) is 6.30. The van der Waals surface area contributed by atoms with E-state index in [1.54, 1.807) is 30.5 Å². The number of anilines is 1. The number of nitrogens with two attached hydrogens (primary N) is 1. The molecule has 6 heteroatoms. The van der Waals surface area contributed by atoms with Crippen LogP contribution in [-0.2, 0) is 0 Å². The van der Waals surface area contributed by atoms with Crippen LogP contribution in [0.5, 0.6) is 0 Å². The number of nitrogens with one attached hydrogen (secondary N) is 1. The molecule has 0 aliphatic carbocycles. The van der Waals surface area contributed by atoms with Gasteiger partial charge >= 0.3 is 0 Å². The molecule has 2 heterocycles. The quantitative estimate of drug-likeness (QED) is 0.539. The number of rotatable bonds is 2. The zero-order chi connectivity index (χ0) is 17.6. The lowest BCUT2D eigenvalue weighted by atomic mass is 9.99. The van der Waals surface area contributed by atoms with Gasteiger partial charge in [-0.2, -0.15) is 9.78 Å². The minimum atomic E-state index is -0.176. The van der Waals surface area contributed by atoms with Crippen LogP contribution in [0.2, 0.25) is 5.02 Å². The van der Waals surface area contributed by atoms with Crippen molar-refractivity contribution in [1.29, 1.82) is 0 Å². The number of nitrogen functional groups attached to an aromatic ring is 1. The Bertz CT molecular complexity index is 1080. The van der Waals surface area contributed by atoms with E-state index in [4.69, 9.17) is 17.3 Å². The molecule has 0 fully saturated rings. The van der Waals surface area contributed by atoms with Crippen LogP contribution in [0.3, 0.4) is 0 Å². The van der Waals surface area contributed by atoms with E-state index >= 15 is 0 Å². The van der Waals surface area contributed by atoms with E-state index in [0.717, 1.165) is 16.8 Å². The maximum atomic E-state index is 12.8. The van der Waals surface area contributed by atoms with E-state index in [9.17, 15) is 4.79 Å². The number of aromatic nitrogens is 3. The summed E-state index contributed by atoms with van der Waals surface area (Å²) in [5, 5.41) is 5.19. The van der Waals surface area contributed by atoms with Crippen molar-refractivity contribution in [1.82, 2.24) is 14.8 Å². The van der Waals surface area contributed by atoms with Gasteiger partial charge in [-0.05, 0) is 48.9 Å². The van der Waals surface area contributed by atoms with Crippen molar-refractivity contribution in [2.24, 2.45) is 0 Å². The summed E-state index contributed by atoms with van der Waals surface area (Å²) in [4.78, 5) is 16.0. The van der Waals surface area contributed by atoms with Gasteiger partial charge in [-0.1, -0.05) is 23.7 Å². The van der Waals surface area contributed by atoms with Crippen molar-refractivity contribution in [3.63, 3.8) is 0 Å². The average molecular weight is 351 g/mol. The fourth-order valence-electron chi connectivity index (χ4n) is 2.92. The van der Waals surface area contributed by atoms with E-state index in [0.29, 0.717) is 27.7 Å². The van der Waals surface area contributed by atoms with Gasteiger partial charge in [0.05, 0.1) is 11.3 Å². The number of aromatic amines is 1. The maximum absolute atomic E-state index is 12.8. The second kappa shape index (κ2) is 5.79. The highest BCUT2D eigenvalue weighted by molar-refractivity contribution is 6.30. The van der Waals surface area contributed by atoms with E-state index in [2.05, 4.69) is 10.1 Å². The molecule has 4 rings (SSSR count). The minimum Gasteiger partial charge on any atom is -0.399 e. The standard InChI is InChI=1S/C19H15ClN4O/c1-11-17(12-2-6-14(21)7-3-12)18-16(10-22-11)19(25)24(23-18)15-8-4-13(20)5-9-15/h2-10,22H,21H2,1H3. The molecule has 2 aliphatic heterocycles. The smallest absolute Gasteiger partial charge is 0.282 e. The van der Waals surface area contributed by atoms with Gasteiger partial charge < -0.3 is 10.7 Å². The zero-order valence-electron chi connectivity index (χ0n) is 13.5. The third-order valence-corrected chi connectivity index (χ3v) is 4.45. The molecular formula is C19H15ClN4O. The van der Waals surface area contributed by atoms with E-state index in [1.165, 1.54) is 4.68 Å². The number of halogens is 1. The molecule has 2 aliphatic rings. The Labute approximate surface area is 149 Å². The topological polar surface area (TPSA) is 76.7 Å². The Morgan fingerprint density at radius 3 is 2.44 bits per heavy atom. The molecule has 3 N–H and O–H groups in total. The monoisotopic (exact) mass is 350 g/mol. The number of aryl methyl sites for hydroxylation is 1. The van der Waals surface area contributed by atoms with E-state index < -0.39 is 0 Å². The van der Waals surface area contributed by atoms with Crippen LogP contribution in [0, 0.1) is 6.92 Å². The lowest BCUT2D eigenvalue weighted by Crippen LogP contribution is -2.14. The second-order valence-electron chi connectivity index (χ2n) is 5.87. The van der Waals surface area contributed by atoms with Crippen LogP contribution in [0.4, 0.5) is 5.69 Å². The Hall–Kier alpha value is -3.05. The first kappa shape index (κ1) is 15.5. The molecule has 2 aromatic carbocycles. The number of pyridine rings is 1. The minimum absolute atomic E-state index is 0.176. The SMILES string of the molecule is Cc1[nH]cc2c(=O)n(-c3ccc(Cl)cc3)nc-2c1-c1ccc(N)cc1. The molecule has 0 unspecified atom stereocenters. The molecule has 0 bridgehead atoms. The molecule has 25 heavy (non-hydrogen) atoms. The summed E-state index contributed by atoms with van der Waals surface area (Å²) in [6.07, 6.45) is 1.70. The number of hydrogen-bond acceptors (Lipinski definition) is 3. The number of nitrogens with zero attached hydrogens (tertiary/aromatic N) is 2. The first-order valence-electron chi connectivity index (χ1n) is 7.77. The normalized spacial score (nSPS) is 11.1. The average Bonchev–Trinajstić information content (AvgIpc) is 2.93. The molecule has 0 spiro atoms. The van der Waals surface area contributed by atoms with Crippen LogP contribution in [0.15, 0.2) is 59.5 Å². The van der Waals surface area contributed by atoms with Crippen LogP contribution in [-0.4, -0.2) is 14.8 Å². The fourth-order valence-corrected chi connectivity index (χ4v) is 3.05. The van der Waals surface area contributed by atoms with Crippen molar-refractivity contribution in [3.05, 3.63) is 75.8 Å². The Balaban J connectivity index is 1.97. The number of H-pyrrole nitrogens is 1. The molecule has 5 nitrogen and oxygen atoms in total. The highest BCUT2D eigenvalue weighted by Crippen LogP contribution is 2.33. The van der Waals surface area contributed by atoms with Gasteiger partial charge in [0, 0.05) is 28.2 Å². The molecule has 124 valence electrons. The first-order valence-corrected chi connectivity index (χ1v) is 8.15. The predicted molar refractivity (Wildman–Crippen MR) is 100 cm³/mol. The molecule has 0 saturated carbocycles. The molecule has 0 aromatic heterocycles. The van der Waals surface area contributed by atoms with Gasteiger partial charge in [0.1, 0.15) is 5.69 Å². The van der Waals surface area contributed by atoms with Crippen LogP contribution >= 0.6 is 11.6 Å². The van der Waals surface area contributed by atoms with Crippen LogP contribution < -0.4 is 11.3 Å². The van der Waals surface area contributed by atoms with Gasteiger partial charge in [0.25, 0.3) is 5.56 Å². The molecule has 2 aromatic rings. The molecule has 0 atom stereocenters. The molecular weight excluding hydrogens is 336 g/mol. The van der Waals surface area contributed by atoms with Crippen molar-refractivity contribution in [3.8, 4) is 28.1 Å². The Kier molecular flexibility index (Phi) is 3.58. The van der Waals surface area contributed by atoms with Gasteiger partial charge in [-0.15, -0.1) is 0 Å². The summed E-state index contributed by atoms with van der Waals surface area (Å²) in [5.41, 5.74) is 10.9. The summed E-state index contributed by atoms with van der Waals surface area (Å²) < 4.78 is 1.40. The van der Waals surface area contributed by atoms with E-state index in [-0.39, 0.29) is 5.56 Å². The molecule has 0 saturated heterocycles. The maximum Gasteiger partial charge on any atom is 0.282 e. The summed E-state index contributed by atoms with van der Waals surface area (Å²) in [5.74, 6) is 0. The van der Waals surface area contributed by atoms with Crippen LogP contribution in [0.25, 0.3) is 28.1 Å². The summed E-state index contributed by atoms with van der Waals surface area (Å²) in [6.45, 7) is 1.96. The van der Waals surface area contributed by atoms with Crippen molar-refractivity contribution >= 4 is 17.3 Å². The highest BCUT2D eigenvalue weighted by Gasteiger charge is 2.22. The summed E-state index contributed by atoms with van der Waals surface area (Å²) in [7, 11) is 0. The molecule has 0 amide bonds. The number of hydrogen-bond donors (Lipinski definition) is 2. The third kappa shape index (κ3) is 2.58. The van der Waals surface area contributed by atoms with Gasteiger partial charge in [0.15, 0.2) is 0 Å². The van der Waals surface area contributed by atoms with Gasteiger partial charge in [0.2, 0.25) is 0 Å². The lowest BCUT2D eigenvalue weighted by molar-refractivity contribution is 0.858.